The molecular formula is C18H20ClN3O. The number of carbonyl (C=O) groups is 1. The summed E-state index contributed by atoms with van der Waals surface area (Å²) in [6.45, 7) is 1.85. The number of amides is 1. The molecule has 0 aliphatic heterocycles. The number of anilines is 2. The van der Waals surface area contributed by atoms with Crippen molar-refractivity contribution in [3.8, 4) is 0 Å². The van der Waals surface area contributed by atoms with E-state index in [2.05, 4.69) is 33.8 Å². The van der Waals surface area contributed by atoms with Crippen molar-refractivity contribution in [2.45, 2.75) is 38.6 Å². The smallest absolute Gasteiger partial charge is 0.247 e. The summed E-state index contributed by atoms with van der Waals surface area (Å²) < 4.78 is 0. The van der Waals surface area contributed by atoms with E-state index in [4.69, 9.17) is 11.6 Å². The lowest BCUT2D eigenvalue weighted by Gasteiger charge is -2.22. The number of rotatable bonds is 4. The molecule has 0 spiro atoms. The van der Waals surface area contributed by atoms with E-state index in [1.807, 2.05) is 6.92 Å². The molecule has 1 heterocycles. The molecule has 4 nitrogen and oxygen atoms in total. The highest BCUT2D eigenvalue weighted by Gasteiger charge is 2.17. The van der Waals surface area contributed by atoms with Gasteiger partial charge in [-0.25, -0.2) is 4.98 Å². The van der Waals surface area contributed by atoms with Crippen LogP contribution in [0.3, 0.4) is 0 Å². The zero-order valence-electron chi connectivity index (χ0n) is 13.1. The van der Waals surface area contributed by atoms with Crippen LogP contribution in [-0.2, 0) is 17.6 Å². The SMILES string of the molecule is C[C@H](Nc1cccc2c1CCCC2)C(=O)Nc1ccc(Cl)cn1. The monoisotopic (exact) mass is 329 g/mol. The molecule has 0 fully saturated rings. The van der Waals surface area contributed by atoms with Crippen LogP contribution < -0.4 is 10.6 Å². The van der Waals surface area contributed by atoms with Gasteiger partial charge in [0.2, 0.25) is 5.91 Å². The van der Waals surface area contributed by atoms with E-state index in [1.165, 1.54) is 30.2 Å². The molecule has 1 aliphatic rings. The van der Waals surface area contributed by atoms with Gasteiger partial charge in [0.25, 0.3) is 0 Å². The number of aromatic nitrogens is 1. The Morgan fingerprint density at radius 2 is 2.04 bits per heavy atom. The minimum Gasteiger partial charge on any atom is -0.374 e. The minimum atomic E-state index is -0.346. The molecule has 0 saturated carbocycles. The van der Waals surface area contributed by atoms with E-state index in [-0.39, 0.29) is 11.9 Å². The number of aryl methyl sites for hydroxylation is 1. The maximum atomic E-state index is 12.3. The maximum Gasteiger partial charge on any atom is 0.247 e. The van der Waals surface area contributed by atoms with Gasteiger partial charge in [-0.05, 0) is 61.9 Å². The molecule has 1 aromatic heterocycles. The van der Waals surface area contributed by atoms with Gasteiger partial charge in [0.05, 0.1) is 5.02 Å². The molecule has 1 amide bonds. The first-order chi connectivity index (χ1) is 11.1. The van der Waals surface area contributed by atoms with Gasteiger partial charge in [-0.15, -0.1) is 0 Å². The van der Waals surface area contributed by atoms with Gasteiger partial charge in [0, 0.05) is 11.9 Å². The number of nitrogens with one attached hydrogen (secondary N) is 2. The van der Waals surface area contributed by atoms with Crippen molar-refractivity contribution in [2.75, 3.05) is 10.6 Å². The maximum absolute atomic E-state index is 12.3. The second-order valence-electron chi connectivity index (χ2n) is 5.87. The third-order valence-corrected chi connectivity index (χ3v) is 4.36. The Bertz CT molecular complexity index is 700. The predicted molar refractivity (Wildman–Crippen MR) is 94.0 cm³/mol. The molecule has 1 aromatic carbocycles. The second-order valence-corrected chi connectivity index (χ2v) is 6.30. The van der Waals surface area contributed by atoms with Gasteiger partial charge in [-0.3, -0.25) is 4.79 Å². The van der Waals surface area contributed by atoms with Gasteiger partial charge in [-0.2, -0.15) is 0 Å². The number of halogens is 1. The lowest BCUT2D eigenvalue weighted by atomic mass is 9.90. The van der Waals surface area contributed by atoms with Crippen LogP contribution in [0.4, 0.5) is 11.5 Å². The van der Waals surface area contributed by atoms with Gasteiger partial charge in [0.1, 0.15) is 11.9 Å². The topological polar surface area (TPSA) is 54.0 Å². The highest BCUT2D eigenvalue weighted by Crippen LogP contribution is 2.28. The standard InChI is InChI=1S/C18H20ClN3O/c1-12(18(23)22-17-10-9-14(19)11-20-17)21-16-8-4-6-13-5-2-3-7-15(13)16/h4,6,8-12,21H,2-3,5,7H2,1H3,(H,20,22,23)/t12-/m0/s1. The van der Waals surface area contributed by atoms with Crippen LogP contribution in [0.2, 0.25) is 5.02 Å². The number of benzene rings is 1. The average molecular weight is 330 g/mol. The Morgan fingerprint density at radius 3 is 2.83 bits per heavy atom. The molecular weight excluding hydrogens is 310 g/mol. The molecule has 5 heteroatoms. The van der Waals surface area contributed by atoms with Crippen LogP contribution in [0.15, 0.2) is 36.5 Å². The van der Waals surface area contributed by atoms with Gasteiger partial charge in [-0.1, -0.05) is 23.7 Å². The Kier molecular flexibility index (Phi) is 4.82. The summed E-state index contributed by atoms with van der Waals surface area (Å²) in [4.78, 5) is 16.4. The normalized spacial score (nSPS) is 14.7. The van der Waals surface area contributed by atoms with Crippen LogP contribution in [0.1, 0.15) is 30.9 Å². The van der Waals surface area contributed by atoms with E-state index in [9.17, 15) is 4.79 Å². The summed E-state index contributed by atoms with van der Waals surface area (Å²) in [6, 6.07) is 9.34. The molecule has 3 rings (SSSR count). The Morgan fingerprint density at radius 1 is 1.22 bits per heavy atom. The molecule has 1 atom stereocenters. The highest BCUT2D eigenvalue weighted by atomic mass is 35.5. The summed E-state index contributed by atoms with van der Waals surface area (Å²) in [6.07, 6.45) is 6.17. The summed E-state index contributed by atoms with van der Waals surface area (Å²) in [7, 11) is 0. The van der Waals surface area contributed by atoms with Crippen molar-refractivity contribution in [1.82, 2.24) is 4.98 Å². The first-order valence-corrected chi connectivity index (χ1v) is 8.31. The van der Waals surface area contributed by atoms with E-state index < -0.39 is 0 Å². The van der Waals surface area contributed by atoms with E-state index in [1.54, 1.807) is 12.1 Å². The van der Waals surface area contributed by atoms with E-state index >= 15 is 0 Å². The molecule has 1 aliphatic carbocycles. The zero-order valence-corrected chi connectivity index (χ0v) is 13.9. The van der Waals surface area contributed by atoms with Gasteiger partial charge in [0.15, 0.2) is 0 Å². The lowest BCUT2D eigenvalue weighted by molar-refractivity contribution is -0.116. The van der Waals surface area contributed by atoms with Crippen molar-refractivity contribution >= 4 is 29.0 Å². The summed E-state index contributed by atoms with van der Waals surface area (Å²) in [5.74, 6) is 0.386. The van der Waals surface area contributed by atoms with Crippen molar-refractivity contribution in [3.05, 3.63) is 52.7 Å². The fourth-order valence-corrected chi connectivity index (χ4v) is 3.01. The summed E-state index contributed by atoms with van der Waals surface area (Å²) in [5, 5.41) is 6.68. The molecule has 2 N–H and O–H groups in total. The number of hydrogen-bond donors (Lipinski definition) is 2. The average Bonchev–Trinajstić information content (AvgIpc) is 2.57. The largest absolute Gasteiger partial charge is 0.374 e. The fraction of sp³-hybridized carbons (Fsp3) is 0.333. The summed E-state index contributed by atoms with van der Waals surface area (Å²) >= 11 is 5.80. The van der Waals surface area contributed by atoms with Gasteiger partial charge >= 0.3 is 0 Å². The molecule has 0 radical (unpaired) electrons. The number of nitrogens with zero attached hydrogens (tertiary/aromatic N) is 1. The third kappa shape index (κ3) is 3.82. The Balaban J connectivity index is 1.68. The minimum absolute atomic E-state index is 0.117. The van der Waals surface area contributed by atoms with Gasteiger partial charge < -0.3 is 10.6 Å². The van der Waals surface area contributed by atoms with Crippen molar-refractivity contribution < 1.29 is 4.79 Å². The van der Waals surface area contributed by atoms with Crippen LogP contribution in [0.5, 0.6) is 0 Å². The van der Waals surface area contributed by atoms with Crippen LogP contribution >= 0.6 is 11.6 Å². The number of fused-ring (bicyclic) bond motifs is 1. The molecule has 0 bridgehead atoms. The predicted octanol–water partition coefficient (Wildman–Crippen LogP) is 4.05. The lowest BCUT2D eigenvalue weighted by Crippen LogP contribution is -2.32. The van der Waals surface area contributed by atoms with Crippen molar-refractivity contribution in [1.29, 1.82) is 0 Å². The Labute approximate surface area is 141 Å². The van der Waals surface area contributed by atoms with Crippen molar-refractivity contribution in [2.24, 2.45) is 0 Å². The van der Waals surface area contributed by atoms with Crippen LogP contribution in [-0.4, -0.2) is 16.9 Å². The Hall–Kier alpha value is -2.07. The van der Waals surface area contributed by atoms with E-state index in [0.29, 0.717) is 10.8 Å². The van der Waals surface area contributed by atoms with Crippen LogP contribution in [0, 0.1) is 0 Å². The molecule has 2 aromatic rings. The molecule has 120 valence electrons. The fourth-order valence-electron chi connectivity index (χ4n) is 2.90. The number of pyridine rings is 1. The third-order valence-electron chi connectivity index (χ3n) is 4.14. The first-order valence-electron chi connectivity index (χ1n) is 7.93. The number of carbonyl (C=O) groups excluding carboxylic acids is 1. The summed E-state index contributed by atoms with van der Waals surface area (Å²) in [5.41, 5.74) is 3.81. The van der Waals surface area contributed by atoms with E-state index in [0.717, 1.165) is 18.5 Å². The van der Waals surface area contributed by atoms with Crippen molar-refractivity contribution in [3.63, 3.8) is 0 Å². The second kappa shape index (κ2) is 7.01. The first kappa shape index (κ1) is 15.8. The molecule has 0 saturated heterocycles. The quantitative estimate of drug-likeness (QED) is 0.889. The molecule has 23 heavy (non-hydrogen) atoms. The highest BCUT2D eigenvalue weighted by molar-refractivity contribution is 6.30. The number of hydrogen-bond acceptors (Lipinski definition) is 3. The zero-order chi connectivity index (χ0) is 16.2. The molecule has 0 unspecified atom stereocenters. The van der Waals surface area contributed by atoms with Crippen LogP contribution in [0.25, 0.3) is 0 Å².